The normalized spacial score (nSPS) is 13.4. The lowest BCUT2D eigenvalue weighted by Crippen LogP contribution is -2.38. The second-order valence-electron chi connectivity index (χ2n) is 3.82. The molecule has 1 rings (SSSR count). The van der Waals surface area contributed by atoms with Crippen molar-refractivity contribution in [1.29, 1.82) is 0 Å². The molecule has 0 aliphatic carbocycles. The number of aromatic nitrogens is 2. The summed E-state index contributed by atoms with van der Waals surface area (Å²) in [6, 6.07) is 0. The van der Waals surface area contributed by atoms with Crippen molar-refractivity contribution >= 4 is 11.7 Å². The molecule has 0 bridgehead atoms. The summed E-state index contributed by atoms with van der Waals surface area (Å²) in [5.74, 6) is -1.01. The highest BCUT2D eigenvalue weighted by molar-refractivity contribution is 6.01. The minimum Gasteiger partial charge on any atom is -0.409 e. The molecule has 7 nitrogen and oxygen atoms in total. The van der Waals surface area contributed by atoms with Crippen molar-refractivity contribution in [2.75, 3.05) is 6.54 Å². The minimum atomic E-state index is -0.639. The van der Waals surface area contributed by atoms with E-state index in [9.17, 15) is 4.79 Å². The van der Waals surface area contributed by atoms with Crippen LogP contribution >= 0.6 is 0 Å². The first-order valence-corrected chi connectivity index (χ1v) is 5.28. The molecule has 4 N–H and O–H groups in total. The number of hydrogen-bond acceptors (Lipinski definition) is 4. The first-order chi connectivity index (χ1) is 8.04. The quantitative estimate of drug-likeness (QED) is 0.283. The van der Waals surface area contributed by atoms with Gasteiger partial charge in [0.15, 0.2) is 5.84 Å². The van der Waals surface area contributed by atoms with Gasteiger partial charge < -0.3 is 16.3 Å². The molecule has 0 saturated heterocycles. The van der Waals surface area contributed by atoms with Crippen molar-refractivity contribution in [3.8, 4) is 0 Å². The van der Waals surface area contributed by atoms with E-state index in [1.165, 1.54) is 0 Å². The van der Waals surface area contributed by atoms with Gasteiger partial charge in [-0.1, -0.05) is 5.16 Å². The minimum absolute atomic E-state index is 0.0996. The van der Waals surface area contributed by atoms with Gasteiger partial charge >= 0.3 is 0 Å². The van der Waals surface area contributed by atoms with Gasteiger partial charge in [0.1, 0.15) is 0 Å². The number of amidine groups is 1. The third-order valence-corrected chi connectivity index (χ3v) is 2.35. The molecular formula is C10H17N5O2. The number of oxime groups is 1. The molecule has 1 atom stereocenters. The Kier molecular flexibility index (Phi) is 4.50. The summed E-state index contributed by atoms with van der Waals surface area (Å²) >= 11 is 0. The molecule has 0 aliphatic heterocycles. The number of amides is 1. The summed E-state index contributed by atoms with van der Waals surface area (Å²) in [6.07, 6.45) is 3.64. The fourth-order valence-corrected chi connectivity index (χ4v) is 1.26. The van der Waals surface area contributed by atoms with Crippen LogP contribution in [0.1, 0.15) is 12.5 Å². The number of carbonyl (C=O) groups excluding carboxylic acids is 1. The molecule has 0 aliphatic rings. The van der Waals surface area contributed by atoms with Crippen LogP contribution in [0.4, 0.5) is 0 Å². The third kappa shape index (κ3) is 3.78. The maximum atomic E-state index is 11.5. The Hall–Kier alpha value is -2.05. The topological polar surface area (TPSA) is 106 Å². The van der Waals surface area contributed by atoms with Gasteiger partial charge in [-0.25, -0.2) is 0 Å². The molecule has 1 amide bonds. The second-order valence-corrected chi connectivity index (χ2v) is 3.82. The molecule has 0 aromatic carbocycles. The van der Waals surface area contributed by atoms with Crippen LogP contribution in [0.2, 0.25) is 0 Å². The van der Waals surface area contributed by atoms with E-state index in [0.29, 0.717) is 13.1 Å². The van der Waals surface area contributed by atoms with Gasteiger partial charge in [0.05, 0.1) is 18.7 Å². The number of nitrogens with two attached hydrogens (primary N) is 1. The third-order valence-electron chi connectivity index (χ3n) is 2.35. The Labute approximate surface area is 99.3 Å². The lowest BCUT2D eigenvalue weighted by molar-refractivity contribution is -0.122. The van der Waals surface area contributed by atoms with E-state index in [4.69, 9.17) is 10.9 Å². The van der Waals surface area contributed by atoms with Crippen LogP contribution in [0.15, 0.2) is 17.5 Å². The second kappa shape index (κ2) is 5.88. The van der Waals surface area contributed by atoms with Crippen molar-refractivity contribution in [2.24, 2.45) is 16.8 Å². The Balaban J connectivity index is 2.34. The molecule has 1 heterocycles. The Bertz CT molecular complexity index is 413. The average Bonchev–Trinajstić information content (AvgIpc) is 2.72. The highest BCUT2D eigenvalue weighted by Gasteiger charge is 2.16. The van der Waals surface area contributed by atoms with Gasteiger partial charge in [-0.2, -0.15) is 5.10 Å². The van der Waals surface area contributed by atoms with Crippen LogP contribution in [0.25, 0.3) is 0 Å². The monoisotopic (exact) mass is 239 g/mol. The summed E-state index contributed by atoms with van der Waals surface area (Å²) in [7, 11) is 0. The number of carbonyl (C=O) groups is 1. The highest BCUT2D eigenvalue weighted by Crippen LogP contribution is 1.95. The van der Waals surface area contributed by atoms with Crippen LogP contribution < -0.4 is 11.1 Å². The van der Waals surface area contributed by atoms with Crippen LogP contribution in [-0.4, -0.2) is 33.3 Å². The summed E-state index contributed by atoms with van der Waals surface area (Å²) < 4.78 is 1.74. The van der Waals surface area contributed by atoms with Crippen molar-refractivity contribution < 1.29 is 10.0 Å². The standard InChI is InChI=1S/C10H17N5O2/c1-7-5-13-15(6-7)4-3-12-10(16)8(2)9(11)14-17/h5-6,8,17H,3-4H2,1-2H3,(H2,11,14)(H,12,16). The Morgan fingerprint density at radius 3 is 3.00 bits per heavy atom. The lowest BCUT2D eigenvalue weighted by atomic mass is 10.1. The maximum Gasteiger partial charge on any atom is 0.230 e. The van der Waals surface area contributed by atoms with E-state index in [1.807, 2.05) is 13.1 Å². The van der Waals surface area contributed by atoms with E-state index < -0.39 is 5.92 Å². The molecule has 1 aromatic heterocycles. The molecule has 1 unspecified atom stereocenters. The zero-order valence-electron chi connectivity index (χ0n) is 9.92. The molecule has 0 radical (unpaired) electrons. The molecule has 0 spiro atoms. The van der Waals surface area contributed by atoms with Crippen LogP contribution in [0.3, 0.4) is 0 Å². The smallest absolute Gasteiger partial charge is 0.230 e. The predicted octanol–water partition coefficient (Wildman–Crippen LogP) is -0.310. The van der Waals surface area contributed by atoms with Crippen LogP contribution in [0.5, 0.6) is 0 Å². The number of nitrogens with zero attached hydrogens (tertiary/aromatic N) is 3. The first kappa shape index (κ1) is 13.0. The molecule has 7 heteroatoms. The van der Waals surface area contributed by atoms with Crippen molar-refractivity contribution in [1.82, 2.24) is 15.1 Å². The van der Waals surface area contributed by atoms with E-state index >= 15 is 0 Å². The van der Waals surface area contributed by atoms with Crippen molar-refractivity contribution in [2.45, 2.75) is 20.4 Å². The van der Waals surface area contributed by atoms with Gasteiger partial charge in [0.25, 0.3) is 0 Å². The van der Waals surface area contributed by atoms with Crippen molar-refractivity contribution in [3.05, 3.63) is 18.0 Å². The number of aryl methyl sites for hydroxylation is 1. The van der Waals surface area contributed by atoms with Crippen LogP contribution in [-0.2, 0) is 11.3 Å². The van der Waals surface area contributed by atoms with E-state index in [0.717, 1.165) is 5.56 Å². The van der Waals surface area contributed by atoms with Gasteiger partial charge in [-0.3, -0.25) is 9.48 Å². The van der Waals surface area contributed by atoms with E-state index in [2.05, 4.69) is 15.6 Å². The van der Waals surface area contributed by atoms with Gasteiger partial charge in [0.2, 0.25) is 5.91 Å². The van der Waals surface area contributed by atoms with Crippen LogP contribution in [0, 0.1) is 12.8 Å². The summed E-state index contributed by atoms with van der Waals surface area (Å²) in [4.78, 5) is 11.5. The first-order valence-electron chi connectivity index (χ1n) is 5.28. The number of hydrogen-bond donors (Lipinski definition) is 3. The Morgan fingerprint density at radius 2 is 2.47 bits per heavy atom. The molecule has 94 valence electrons. The number of nitrogens with one attached hydrogen (secondary N) is 1. The summed E-state index contributed by atoms with van der Waals surface area (Å²) in [5.41, 5.74) is 6.40. The lowest BCUT2D eigenvalue weighted by Gasteiger charge is -2.10. The SMILES string of the molecule is Cc1cnn(CCNC(=O)C(C)/C(N)=N/O)c1. The fraction of sp³-hybridized carbons (Fsp3) is 0.500. The maximum absolute atomic E-state index is 11.5. The predicted molar refractivity (Wildman–Crippen MR) is 62.5 cm³/mol. The fourth-order valence-electron chi connectivity index (χ4n) is 1.26. The number of rotatable bonds is 5. The van der Waals surface area contributed by atoms with E-state index in [1.54, 1.807) is 17.8 Å². The average molecular weight is 239 g/mol. The van der Waals surface area contributed by atoms with Gasteiger partial charge in [-0.05, 0) is 19.4 Å². The van der Waals surface area contributed by atoms with Gasteiger partial charge in [-0.15, -0.1) is 0 Å². The highest BCUT2D eigenvalue weighted by atomic mass is 16.4. The molecular weight excluding hydrogens is 222 g/mol. The van der Waals surface area contributed by atoms with Crippen molar-refractivity contribution in [3.63, 3.8) is 0 Å². The molecule has 17 heavy (non-hydrogen) atoms. The summed E-state index contributed by atoms with van der Waals surface area (Å²) in [6.45, 7) is 4.55. The summed E-state index contributed by atoms with van der Waals surface area (Å²) in [5, 5.41) is 18.0. The molecule has 1 aromatic rings. The Morgan fingerprint density at radius 1 is 1.76 bits per heavy atom. The molecule has 0 fully saturated rings. The van der Waals surface area contributed by atoms with Gasteiger partial charge in [0, 0.05) is 12.7 Å². The largest absolute Gasteiger partial charge is 0.409 e. The molecule has 0 saturated carbocycles. The van der Waals surface area contributed by atoms with E-state index in [-0.39, 0.29) is 11.7 Å². The zero-order valence-corrected chi connectivity index (χ0v) is 9.92. The zero-order chi connectivity index (χ0) is 12.8.